The van der Waals surface area contributed by atoms with Crippen LogP contribution in [0.15, 0.2) is 22.7 Å². The molecule has 1 unspecified atom stereocenters. The quantitative estimate of drug-likeness (QED) is 0.289. The van der Waals surface area contributed by atoms with Crippen molar-refractivity contribution in [2.75, 3.05) is 13.1 Å². The largest absolute Gasteiger partial charge is 0.484 e. The van der Waals surface area contributed by atoms with Crippen LogP contribution in [0.25, 0.3) is 11.0 Å². The van der Waals surface area contributed by atoms with Gasteiger partial charge in [0.05, 0.1) is 6.04 Å². The summed E-state index contributed by atoms with van der Waals surface area (Å²) in [7, 11) is 0. The summed E-state index contributed by atoms with van der Waals surface area (Å²) in [4.78, 5) is 2.07. The van der Waals surface area contributed by atoms with E-state index in [0.717, 1.165) is 0 Å². The van der Waals surface area contributed by atoms with Crippen LogP contribution >= 0.6 is 0 Å². The van der Waals surface area contributed by atoms with Gasteiger partial charge >= 0.3 is 0 Å². The van der Waals surface area contributed by atoms with Gasteiger partial charge in [0.2, 0.25) is 29.1 Å². The highest BCUT2D eigenvalue weighted by molar-refractivity contribution is 5.79. The summed E-state index contributed by atoms with van der Waals surface area (Å²) in [6, 6.07) is 4.02. The van der Waals surface area contributed by atoms with Crippen LogP contribution in [0.1, 0.15) is 37.9 Å². The molecular weight excluding hydrogens is 426 g/mol. The lowest BCUT2D eigenvalue weighted by Crippen LogP contribution is -2.40. The smallest absolute Gasteiger partial charge is 0.207 e. The van der Waals surface area contributed by atoms with Crippen LogP contribution in [0.3, 0.4) is 0 Å². The Morgan fingerprint density at radius 1 is 1.00 bits per heavy atom. The van der Waals surface area contributed by atoms with Gasteiger partial charge in [-0.05, 0) is 31.4 Å². The fourth-order valence-electron chi connectivity index (χ4n) is 3.96. The third kappa shape index (κ3) is 3.84. The molecule has 1 aliphatic heterocycles. The fraction of sp³-hybridized carbons (Fsp3) is 0.381. The molecule has 1 aliphatic rings. The summed E-state index contributed by atoms with van der Waals surface area (Å²) >= 11 is 0. The highest BCUT2D eigenvalue weighted by Crippen LogP contribution is 2.34. The third-order valence-electron chi connectivity index (χ3n) is 5.54. The zero-order chi connectivity index (χ0) is 22.3. The van der Waals surface area contributed by atoms with Gasteiger partial charge < -0.3 is 9.26 Å². The summed E-state index contributed by atoms with van der Waals surface area (Å²) in [5, 5.41) is 4.78. The van der Waals surface area contributed by atoms with E-state index in [2.05, 4.69) is 10.1 Å². The molecule has 1 saturated heterocycles. The molecule has 31 heavy (non-hydrogen) atoms. The van der Waals surface area contributed by atoms with Crippen molar-refractivity contribution in [1.82, 2.24) is 10.1 Å². The maximum atomic E-state index is 13.9. The minimum Gasteiger partial charge on any atom is -0.484 e. The monoisotopic (exact) mass is 444 g/mol. The Balaban J connectivity index is 1.48. The fourth-order valence-corrected chi connectivity index (χ4v) is 3.96. The van der Waals surface area contributed by atoms with E-state index in [0.29, 0.717) is 49.0 Å². The highest BCUT2D eigenvalue weighted by atomic mass is 19.2. The molecule has 10 heteroatoms. The van der Waals surface area contributed by atoms with Gasteiger partial charge in [0.1, 0.15) is 17.6 Å². The molecule has 0 aliphatic carbocycles. The summed E-state index contributed by atoms with van der Waals surface area (Å²) in [5.41, 5.74) is 0.981. The van der Waals surface area contributed by atoms with E-state index in [9.17, 15) is 26.3 Å². The molecule has 2 aromatic carbocycles. The van der Waals surface area contributed by atoms with Crippen LogP contribution in [-0.4, -0.2) is 29.3 Å². The average molecular weight is 444 g/mol. The van der Waals surface area contributed by atoms with E-state index >= 15 is 0 Å². The van der Waals surface area contributed by atoms with Gasteiger partial charge in [0.15, 0.2) is 11.3 Å². The van der Waals surface area contributed by atoms with Crippen LogP contribution < -0.4 is 4.74 Å². The molecule has 4 nitrogen and oxygen atoms in total. The average Bonchev–Trinajstić information content (AvgIpc) is 3.18. The third-order valence-corrected chi connectivity index (χ3v) is 5.54. The number of halogens is 6. The molecular formula is C21H18F6N2O2. The molecule has 166 valence electrons. The van der Waals surface area contributed by atoms with E-state index in [4.69, 9.17) is 9.26 Å². The molecule has 1 atom stereocenters. The number of nitrogens with zero attached hydrogens (tertiary/aromatic N) is 2. The summed E-state index contributed by atoms with van der Waals surface area (Å²) in [6.07, 6.45) is 0.563. The van der Waals surface area contributed by atoms with E-state index in [1.807, 2.05) is 6.92 Å². The topological polar surface area (TPSA) is 38.5 Å². The van der Waals surface area contributed by atoms with Crippen LogP contribution in [0, 0.1) is 34.9 Å². The van der Waals surface area contributed by atoms with Crippen molar-refractivity contribution in [1.29, 1.82) is 0 Å². The number of fused-ring (bicyclic) bond motifs is 1. The predicted octanol–water partition coefficient (Wildman–Crippen LogP) is 5.66. The van der Waals surface area contributed by atoms with E-state index in [1.165, 1.54) is 12.1 Å². The first-order valence-electron chi connectivity index (χ1n) is 9.78. The van der Waals surface area contributed by atoms with Crippen LogP contribution in [-0.2, 0) is 0 Å². The second-order valence-electron chi connectivity index (χ2n) is 7.38. The molecule has 3 aromatic rings. The van der Waals surface area contributed by atoms with Gasteiger partial charge in [-0.25, -0.2) is 17.6 Å². The molecule has 1 fully saturated rings. The number of hydrogen-bond acceptors (Lipinski definition) is 4. The maximum absolute atomic E-state index is 13.9. The Morgan fingerprint density at radius 3 is 2.23 bits per heavy atom. The van der Waals surface area contributed by atoms with Gasteiger partial charge in [-0.3, -0.25) is 4.90 Å². The van der Waals surface area contributed by atoms with Crippen molar-refractivity contribution in [2.45, 2.75) is 38.3 Å². The minimum absolute atomic E-state index is 0.151. The Hall–Kier alpha value is -2.75. The molecule has 0 spiro atoms. The summed E-state index contributed by atoms with van der Waals surface area (Å²) in [6.45, 7) is 2.83. The van der Waals surface area contributed by atoms with Crippen molar-refractivity contribution >= 4 is 11.0 Å². The molecule has 0 saturated carbocycles. The summed E-state index contributed by atoms with van der Waals surface area (Å²) in [5.74, 6) is -11.9. The Morgan fingerprint density at radius 2 is 1.61 bits per heavy atom. The number of ether oxygens (including phenoxy) is 1. The van der Waals surface area contributed by atoms with Crippen molar-refractivity contribution in [3.8, 4) is 5.75 Å². The van der Waals surface area contributed by atoms with Crippen molar-refractivity contribution in [3.63, 3.8) is 0 Å². The molecule has 1 aromatic heterocycles. The van der Waals surface area contributed by atoms with Gasteiger partial charge in [-0.1, -0.05) is 12.1 Å². The Kier molecular flexibility index (Phi) is 5.83. The first-order chi connectivity index (χ1) is 14.8. The Bertz CT molecular complexity index is 1080. The van der Waals surface area contributed by atoms with Gasteiger partial charge in [0.25, 0.3) is 0 Å². The number of aromatic nitrogens is 1. The summed E-state index contributed by atoms with van der Waals surface area (Å²) < 4.78 is 91.5. The minimum atomic E-state index is -2.22. The Labute approximate surface area is 173 Å². The molecule has 0 amide bonds. The van der Waals surface area contributed by atoms with Crippen molar-refractivity contribution in [2.24, 2.45) is 0 Å². The van der Waals surface area contributed by atoms with Crippen LogP contribution in [0.4, 0.5) is 26.3 Å². The predicted molar refractivity (Wildman–Crippen MR) is 98.5 cm³/mol. The molecule has 0 radical (unpaired) electrons. The SMILES string of the molecule is CCC(c1noc2cc(F)ccc12)N1CCC(Oc2c(F)c(F)c(F)c(F)c2F)CC1. The number of likely N-dealkylation sites (tertiary alicyclic amines) is 1. The standard InChI is InChI=1S/C21H18F6N2O2/c1-2-13(20-12-4-3-10(22)9-14(12)31-28-20)29-7-5-11(6-8-29)30-21-18(26)16(24)15(23)17(25)19(21)27/h3-4,9,11,13H,2,5-8H2,1H3. The first kappa shape index (κ1) is 21.5. The molecule has 2 heterocycles. The normalized spacial score (nSPS) is 16.7. The number of rotatable bonds is 5. The number of hydrogen-bond donors (Lipinski definition) is 0. The zero-order valence-corrected chi connectivity index (χ0v) is 16.4. The number of piperidine rings is 1. The molecule has 0 bridgehead atoms. The first-order valence-corrected chi connectivity index (χ1v) is 9.78. The van der Waals surface area contributed by atoms with E-state index < -0.39 is 46.8 Å². The zero-order valence-electron chi connectivity index (χ0n) is 16.4. The van der Waals surface area contributed by atoms with Gasteiger partial charge in [-0.2, -0.15) is 8.78 Å². The van der Waals surface area contributed by atoms with Crippen LogP contribution in [0.2, 0.25) is 0 Å². The number of benzene rings is 2. The second-order valence-corrected chi connectivity index (χ2v) is 7.38. The molecule has 0 N–H and O–H groups in total. The van der Waals surface area contributed by atoms with Gasteiger partial charge in [0, 0.05) is 24.5 Å². The lowest BCUT2D eigenvalue weighted by atomic mass is 10.0. The lowest BCUT2D eigenvalue weighted by Gasteiger charge is -2.36. The van der Waals surface area contributed by atoms with Crippen molar-refractivity contribution < 1.29 is 35.6 Å². The molecule has 4 rings (SSSR count). The van der Waals surface area contributed by atoms with E-state index in [1.54, 1.807) is 6.07 Å². The highest BCUT2D eigenvalue weighted by Gasteiger charge is 2.32. The van der Waals surface area contributed by atoms with Crippen LogP contribution in [0.5, 0.6) is 5.75 Å². The lowest BCUT2D eigenvalue weighted by molar-refractivity contribution is 0.0655. The van der Waals surface area contributed by atoms with Crippen molar-refractivity contribution in [3.05, 3.63) is 58.8 Å². The maximum Gasteiger partial charge on any atom is 0.207 e. The van der Waals surface area contributed by atoms with Gasteiger partial charge in [-0.15, -0.1) is 0 Å². The second kappa shape index (κ2) is 8.41. The van der Waals surface area contributed by atoms with E-state index in [-0.39, 0.29) is 6.04 Å².